The predicted octanol–water partition coefficient (Wildman–Crippen LogP) is 2.64. The van der Waals surface area contributed by atoms with Crippen LogP contribution in [0.25, 0.3) is 0 Å². The lowest BCUT2D eigenvalue weighted by Crippen LogP contribution is -2.40. The highest BCUT2D eigenvalue weighted by atomic mass is 35.5. The van der Waals surface area contributed by atoms with Crippen LogP contribution in [0.5, 0.6) is 0 Å². The van der Waals surface area contributed by atoms with Gasteiger partial charge in [-0.05, 0) is 50.6 Å². The Labute approximate surface area is 119 Å². The van der Waals surface area contributed by atoms with E-state index in [-0.39, 0.29) is 5.91 Å². The van der Waals surface area contributed by atoms with Crippen molar-refractivity contribution >= 4 is 17.5 Å². The lowest BCUT2D eigenvalue weighted by molar-refractivity contribution is 0.0940. The number of hydrogen-bond donors (Lipinski definition) is 1. The number of carbonyl (C=O) groups is 1. The molecule has 1 aromatic rings. The van der Waals surface area contributed by atoms with Crippen molar-refractivity contribution in [3.8, 4) is 0 Å². The van der Waals surface area contributed by atoms with E-state index in [2.05, 4.69) is 17.1 Å². The fraction of sp³-hybridized carbons (Fsp3) is 0.533. The first kappa shape index (κ1) is 14.4. The Hall–Kier alpha value is -1.06. The zero-order valence-corrected chi connectivity index (χ0v) is 12.1. The summed E-state index contributed by atoms with van der Waals surface area (Å²) in [6.45, 7) is 5.17. The molecular weight excluding hydrogens is 260 g/mol. The van der Waals surface area contributed by atoms with Crippen molar-refractivity contribution in [2.75, 3.05) is 19.6 Å². The number of benzene rings is 1. The molecule has 19 heavy (non-hydrogen) atoms. The van der Waals surface area contributed by atoms with Crippen molar-refractivity contribution < 1.29 is 4.79 Å². The summed E-state index contributed by atoms with van der Waals surface area (Å²) in [6, 6.07) is 7.88. The van der Waals surface area contributed by atoms with Crippen molar-refractivity contribution in [2.24, 2.45) is 0 Å². The third kappa shape index (κ3) is 3.95. The summed E-state index contributed by atoms with van der Waals surface area (Å²) in [7, 11) is 0. The third-order valence-corrected chi connectivity index (χ3v) is 3.97. The molecule has 1 aliphatic heterocycles. The van der Waals surface area contributed by atoms with Gasteiger partial charge in [0.2, 0.25) is 0 Å². The van der Waals surface area contributed by atoms with Crippen molar-refractivity contribution in [3.63, 3.8) is 0 Å². The van der Waals surface area contributed by atoms with Crippen LogP contribution in [0, 0.1) is 0 Å². The highest BCUT2D eigenvalue weighted by Gasteiger charge is 2.18. The maximum absolute atomic E-state index is 12.1. The summed E-state index contributed by atoms with van der Waals surface area (Å²) in [5.74, 6) is 0.420. The number of nitrogens with zero attached hydrogens (tertiary/aromatic N) is 1. The van der Waals surface area contributed by atoms with Gasteiger partial charge in [-0.1, -0.05) is 12.1 Å². The summed E-state index contributed by atoms with van der Waals surface area (Å²) in [5.41, 5.74) is 1.66. The first-order valence-corrected chi connectivity index (χ1v) is 7.41. The Bertz CT molecular complexity index is 430. The lowest BCUT2D eigenvalue weighted by Gasteiger charge is -2.23. The largest absolute Gasteiger partial charge is 0.350 e. The Balaban J connectivity index is 1.86. The molecule has 0 spiro atoms. The molecule has 1 heterocycles. The number of alkyl halides is 1. The molecule has 1 unspecified atom stereocenters. The highest BCUT2D eigenvalue weighted by Crippen LogP contribution is 2.11. The number of likely N-dealkylation sites (tertiary alicyclic amines) is 1. The average molecular weight is 281 g/mol. The van der Waals surface area contributed by atoms with Crippen LogP contribution >= 0.6 is 11.6 Å². The van der Waals surface area contributed by atoms with Crippen LogP contribution in [0.1, 0.15) is 35.7 Å². The fourth-order valence-electron chi connectivity index (χ4n) is 2.45. The third-order valence-electron chi connectivity index (χ3n) is 3.67. The molecule has 3 nitrogen and oxygen atoms in total. The van der Waals surface area contributed by atoms with Gasteiger partial charge >= 0.3 is 0 Å². The molecule has 0 aromatic heterocycles. The van der Waals surface area contributed by atoms with Gasteiger partial charge in [-0.15, -0.1) is 11.6 Å². The Morgan fingerprint density at radius 3 is 2.84 bits per heavy atom. The molecule has 1 amide bonds. The van der Waals surface area contributed by atoms with Gasteiger partial charge in [-0.3, -0.25) is 9.69 Å². The minimum Gasteiger partial charge on any atom is -0.350 e. The maximum Gasteiger partial charge on any atom is 0.251 e. The zero-order chi connectivity index (χ0) is 13.7. The molecular formula is C15H21ClN2O. The van der Waals surface area contributed by atoms with Crippen molar-refractivity contribution in [1.29, 1.82) is 0 Å². The van der Waals surface area contributed by atoms with Gasteiger partial charge in [-0.25, -0.2) is 0 Å². The summed E-state index contributed by atoms with van der Waals surface area (Å²) >= 11 is 5.78. The van der Waals surface area contributed by atoms with Gasteiger partial charge in [0.25, 0.3) is 5.91 Å². The van der Waals surface area contributed by atoms with Gasteiger partial charge < -0.3 is 5.32 Å². The van der Waals surface area contributed by atoms with Gasteiger partial charge in [-0.2, -0.15) is 0 Å². The lowest BCUT2D eigenvalue weighted by atomic mass is 10.1. The molecule has 1 aliphatic rings. The van der Waals surface area contributed by atoms with E-state index in [1.807, 2.05) is 24.3 Å². The van der Waals surface area contributed by atoms with Gasteiger partial charge in [0.1, 0.15) is 0 Å². The van der Waals surface area contributed by atoms with E-state index in [4.69, 9.17) is 11.6 Å². The highest BCUT2D eigenvalue weighted by molar-refractivity contribution is 6.17. The number of amides is 1. The molecule has 104 valence electrons. The predicted molar refractivity (Wildman–Crippen MR) is 78.6 cm³/mol. The van der Waals surface area contributed by atoms with E-state index < -0.39 is 0 Å². The number of nitrogens with one attached hydrogen (secondary N) is 1. The molecule has 1 N–H and O–H groups in total. The second-order valence-corrected chi connectivity index (χ2v) is 5.40. The number of carbonyl (C=O) groups excluding carboxylic acids is 1. The molecule has 0 aliphatic carbocycles. The van der Waals surface area contributed by atoms with E-state index in [1.54, 1.807) is 0 Å². The number of hydrogen-bond acceptors (Lipinski definition) is 2. The van der Waals surface area contributed by atoms with Crippen LogP contribution in [0.2, 0.25) is 0 Å². The fourth-order valence-corrected chi connectivity index (χ4v) is 2.62. The molecule has 2 rings (SSSR count). The van der Waals surface area contributed by atoms with Crippen molar-refractivity contribution in [1.82, 2.24) is 10.2 Å². The standard InChI is InChI=1S/C15H21ClN2O/c1-12(18-7-2-3-8-18)11-17-15(19)14-6-4-5-13(9-14)10-16/h4-6,9,12H,2-3,7-8,10-11H2,1H3,(H,17,19). The van der Waals surface area contributed by atoms with E-state index in [1.165, 1.54) is 12.8 Å². The van der Waals surface area contributed by atoms with Crippen LogP contribution in [0.3, 0.4) is 0 Å². The minimum atomic E-state index is -0.0157. The van der Waals surface area contributed by atoms with Crippen LogP contribution in [-0.4, -0.2) is 36.5 Å². The Kier molecular flexibility index (Phi) is 5.23. The maximum atomic E-state index is 12.1. The first-order chi connectivity index (χ1) is 9.20. The summed E-state index contributed by atoms with van der Waals surface area (Å²) in [5, 5.41) is 3.00. The summed E-state index contributed by atoms with van der Waals surface area (Å²) < 4.78 is 0. The zero-order valence-electron chi connectivity index (χ0n) is 11.4. The SMILES string of the molecule is CC(CNC(=O)c1cccc(CCl)c1)N1CCCC1. The number of rotatable bonds is 5. The summed E-state index contributed by atoms with van der Waals surface area (Å²) in [4.78, 5) is 14.5. The molecule has 0 bridgehead atoms. The van der Waals surface area contributed by atoms with Crippen LogP contribution < -0.4 is 5.32 Å². The quantitative estimate of drug-likeness (QED) is 0.841. The topological polar surface area (TPSA) is 32.3 Å². The second kappa shape index (κ2) is 6.92. The van der Waals surface area contributed by atoms with Gasteiger partial charge in [0, 0.05) is 24.0 Å². The van der Waals surface area contributed by atoms with E-state index in [0.29, 0.717) is 24.0 Å². The smallest absolute Gasteiger partial charge is 0.251 e. The minimum absolute atomic E-state index is 0.0157. The average Bonchev–Trinajstić information content (AvgIpc) is 2.98. The molecule has 1 atom stereocenters. The Morgan fingerprint density at radius 1 is 1.42 bits per heavy atom. The summed E-state index contributed by atoms with van der Waals surface area (Å²) in [6.07, 6.45) is 2.55. The van der Waals surface area contributed by atoms with E-state index in [9.17, 15) is 4.79 Å². The normalized spacial score (nSPS) is 17.4. The van der Waals surface area contributed by atoms with Crippen LogP contribution in [0.4, 0.5) is 0 Å². The molecule has 1 fully saturated rings. The first-order valence-electron chi connectivity index (χ1n) is 6.88. The molecule has 1 aromatic carbocycles. The van der Waals surface area contributed by atoms with Crippen molar-refractivity contribution in [3.05, 3.63) is 35.4 Å². The molecule has 1 saturated heterocycles. The van der Waals surface area contributed by atoms with Crippen molar-refractivity contribution in [2.45, 2.75) is 31.7 Å². The number of halogens is 1. The van der Waals surface area contributed by atoms with Crippen LogP contribution in [-0.2, 0) is 5.88 Å². The van der Waals surface area contributed by atoms with Gasteiger partial charge in [0.15, 0.2) is 0 Å². The van der Waals surface area contributed by atoms with Crippen LogP contribution in [0.15, 0.2) is 24.3 Å². The van der Waals surface area contributed by atoms with E-state index in [0.717, 1.165) is 18.7 Å². The molecule has 0 saturated carbocycles. The Morgan fingerprint density at radius 2 is 2.16 bits per heavy atom. The van der Waals surface area contributed by atoms with E-state index >= 15 is 0 Å². The monoisotopic (exact) mass is 280 g/mol. The second-order valence-electron chi connectivity index (χ2n) is 5.14. The molecule has 0 radical (unpaired) electrons. The van der Waals surface area contributed by atoms with Gasteiger partial charge in [0.05, 0.1) is 0 Å². The molecule has 4 heteroatoms.